The van der Waals surface area contributed by atoms with Crippen LogP contribution in [0, 0.1) is 0 Å². The number of ether oxygens (including phenoxy) is 1. The Bertz CT molecular complexity index is 860. The summed E-state index contributed by atoms with van der Waals surface area (Å²) in [6.45, 7) is 2.66. The van der Waals surface area contributed by atoms with Crippen molar-refractivity contribution in [2.24, 2.45) is 0 Å². The van der Waals surface area contributed by atoms with Crippen LogP contribution in [0.25, 0.3) is 0 Å². The molecule has 1 N–H and O–H groups in total. The zero-order valence-electron chi connectivity index (χ0n) is 14.9. The van der Waals surface area contributed by atoms with E-state index in [1.165, 1.54) is 6.42 Å². The number of fused-ring (bicyclic) bond motifs is 1. The summed E-state index contributed by atoms with van der Waals surface area (Å²) in [5, 5.41) is 9.05. The van der Waals surface area contributed by atoms with Crippen molar-refractivity contribution in [2.45, 2.75) is 19.3 Å². The number of carboxylic acid groups (broad SMARTS) is 1. The quantitative estimate of drug-likeness (QED) is 0.898. The van der Waals surface area contributed by atoms with Crippen molar-refractivity contribution < 1.29 is 19.4 Å². The number of carboxylic acids is 1. The zero-order valence-corrected chi connectivity index (χ0v) is 14.9. The average Bonchev–Trinajstić information content (AvgIpc) is 2.73. The highest BCUT2D eigenvalue weighted by Crippen LogP contribution is 2.36. The standard InChI is InChI=1S/C20H21N3O4/c24-19(22-8-2-1-3-9-22)16-12-18-17(13-21-16)23(10-11-27-18)15-6-4-14(5-7-15)20(25)26/h4-7,12-13H,1-3,8-11H2,(H,25,26). The van der Waals surface area contributed by atoms with Crippen molar-refractivity contribution >= 4 is 23.3 Å². The van der Waals surface area contributed by atoms with E-state index in [1.807, 2.05) is 9.80 Å². The summed E-state index contributed by atoms with van der Waals surface area (Å²) in [4.78, 5) is 32.0. The lowest BCUT2D eigenvalue weighted by atomic mass is 10.1. The summed E-state index contributed by atoms with van der Waals surface area (Å²) in [7, 11) is 0. The van der Waals surface area contributed by atoms with Gasteiger partial charge in [0.2, 0.25) is 0 Å². The minimum atomic E-state index is -0.952. The first-order chi connectivity index (χ1) is 13.1. The molecule has 0 atom stereocenters. The Labute approximate surface area is 157 Å². The smallest absolute Gasteiger partial charge is 0.335 e. The van der Waals surface area contributed by atoms with Crippen molar-refractivity contribution in [2.75, 3.05) is 31.1 Å². The van der Waals surface area contributed by atoms with E-state index in [9.17, 15) is 9.59 Å². The number of aromatic carboxylic acids is 1. The molecule has 1 fully saturated rings. The SMILES string of the molecule is O=C(O)c1ccc(N2CCOc3cc(C(=O)N4CCCCC4)ncc32)cc1. The van der Waals surface area contributed by atoms with Gasteiger partial charge in [-0.3, -0.25) is 4.79 Å². The number of amides is 1. The number of aromatic nitrogens is 1. The van der Waals surface area contributed by atoms with Gasteiger partial charge in [0.1, 0.15) is 23.7 Å². The van der Waals surface area contributed by atoms with Crippen LogP contribution in [0.1, 0.15) is 40.1 Å². The van der Waals surface area contributed by atoms with Crippen LogP contribution in [0.2, 0.25) is 0 Å². The van der Waals surface area contributed by atoms with Gasteiger partial charge >= 0.3 is 5.97 Å². The minimum absolute atomic E-state index is 0.0518. The molecule has 0 unspecified atom stereocenters. The number of anilines is 2. The predicted molar refractivity (Wildman–Crippen MR) is 99.9 cm³/mol. The minimum Gasteiger partial charge on any atom is -0.489 e. The second kappa shape index (κ2) is 7.26. The molecule has 1 saturated heterocycles. The van der Waals surface area contributed by atoms with E-state index in [0.29, 0.717) is 24.6 Å². The third-order valence-electron chi connectivity index (χ3n) is 5.00. The molecule has 0 aliphatic carbocycles. The Morgan fingerprint density at radius 1 is 1.04 bits per heavy atom. The highest BCUT2D eigenvalue weighted by molar-refractivity contribution is 5.93. The molecule has 27 heavy (non-hydrogen) atoms. The third kappa shape index (κ3) is 3.45. The zero-order chi connectivity index (χ0) is 18.8. The first kappa shape index (κ1) is 17.3. The lowest BCUT2D eigenvalue weighted by molar-refractivity contribution is 0.0693. The van der Waals surface area contributed by atoms with Gasteiger partial charge < -0.3 is 19.6 Å². The molecular formula is C20H21N3O4. The van der Waals surface area contributed by atoms with E-state index >= 15 is 0 Å². The van der Waals surface area contributed by atoms with Crippen LogP contribution in [0.4, 0.5) is 11.4 Å². The summed E-state index contributed by atoms with van der Waals surface area (Å²) >= 11 is 0. The van der Waals surface area contributed by atoms with Gasteiger partial charge in [-0.1, -0.05) is 0 Å². The maximum Gasteiger partial charge on any atom is 0.335 e. The van der Waals surface area contributed by atoms with Gasteiger partial charge in [0.25, 0.3) is 5.91 Å². The Balaban J connectivity index is 1.59. The summed E-state index contributed by atoms with van der Waals surface area (Å²) in [5.41, 5.74) is 2.28. The highest BCUT2D eigenvalue weighted by atomic mass is 16.5. The molecule has 2 aromatic rings. The fourth-order valence-electron chi connectivity index (χ4n) is 3.54. The molecule has 2 aliphatic rings. The molecule has 0 saturated carbocycles. The van der Waals surface area contributed by atoms with Crippen molar-refractivity contribution in [1.82, 2.24) is 9.88 Å². The molecule has 140 valence electrons. The Hall–Kier alpha value is -3.09. The van der Waals surface area contributed by atoms with Crippen LogP contribution >= 0.6 is 0 Å². The van der Waals surface area contributed by atoms with Crippen LogP contribution in [0.15, 0.2) is 36.5 Å². The number of likely N-dealkylation sites (tertiary alicyclic amines) is 1. The normalized spacial score (nSPS) is 16.4. The number of carbonyl (C=O) groups is 2. The van der Waals surface area contributed by atoms with Crippen LogP contribution in [-0.2, 0) is 0 Å². The van der Waals surface area contributed by atoms with Crippen LogP contribution in [-0.4, -0.2) is 53.1 Å². The summed E-state index contributed by atoms with van der Waals surface area (Å²) < 4.78 is 5.77. The molecule has 7 heteroatoms. The topological polar surface area (TPSA) is 83.0 Å². The van der Waals surface area contributed by atoms with E-state index in [1.54, 1.807) is 36.5 Å². The molecule has 0 radical (unpaired) electrons. The van der Waals surface area contributed by atoms with Crippen molar-refractivity contribution in [3.8, 4) is 5.75 Å². The van der Waals surface area contributed by atoms with Gasteiger partial charge in [0, 0.05) is 24.8 Å². The van der Waals surface area contributed by atoms with E-state index in [-0.39, 0.29) is 11.5 Å². The second-order valence-electron chi connectivity index (χ2n) is 6.74. The number of benzene rings is 1. The number of nitrogens with zero attached hydrogens (tertiary/aromatic N) is 3. The Kier molecular flexibility index (Phi) is 4.66. The highest BCUT2D eigenvalue weighted by Gasteiger charge is 2.25. The maximum atomic E-state index is 12.7. The molecule has 1 aromatic heterocycles. The van der Waals surface area contributed by atoms with E-state index in [2.05, 4.69) is 4.98 Å². The molecule has 7 nitrogen and oxygen atoms in total. The number of rotatable bonds is 3. The first-order valence-electron chi connectivity index (χ1n) is 9.16. The monoisotopic (exact) mass is 367 g/mol. The molecule has 2 aliphatic heterocycles. The van der Waals surface area contributed by atoms with Gasteiger partial charge in [-0.2, -0.15) is 0 Å². The molecular weight excluding hydrogens is 346 g/mol. The van der Waals surface area contributed by atoms with E-state index in [0.717, 1.165) is 37.3 Å². The summed E-state index contributed by atoms with van der Waals surface area (Å²) in [5.74, 6) is -0.380. The summed E-state index contributed by atoms with van der Waals surface area (Å²) in [6.07, 6.45) is 4.90. The van der Waals surface area contributed by atoms with E-state index < -0.39 is 5.97 Å². The van der Waals surface area contributed by atoms with Gasteiger partial charge in [-0.25, -0.2) is 9.78 Å². The molecule has 1 amide bonds. The largest absolute Gasteiger partial charge is 0.489 e. The number of piperidine rings is 1. The van der Waals surface area contributed by atoms with Gasteiger partial charge in [-0.05, 0) is 43.5 Å². The van der Waals surface area contributed by atoms with Gasteiger partial charge in [0.05, 0.1) is 18.3 Å². The summed E-state index contributed by atoms with van der Waals surface area (Å²) in [6, 6.07) is 8.41. The number of hydrogen-bond donors (Lipinski definition) is 1. The van der Waals surface area contributed by atoms with Crippen LogP contribution in [0.3, 0.4) is 0 Å². The van der Waals surface area contributed by atoms with Gasteiger partial charge in [0.15, 0.2) is 0 Å². The second-order valence-corrected chi connectivity index (χ2v) is 6.74. The molecule has 4 rings (SSSR count). The van der Waals surface area contributed by atoms with Crippen molar-refractivity contribution in [3.63, 3.8) is 0 Å². The predicted octanol–water partition coefficient (Wildman–Crippen LogP) is 2.94. The van der Waals surface area contributed by atoms with Gasteiger partial charge in [-0.15, -0.1) is 0 Å². The number of carbonyl (C=O) groups excluding carboxylic acids is 1. The molecule has 0 spiro atoms. The lowest BCUT2D eigenvalue weighted by Gasteiger charge is -2.31. The van der Waals surface area contributed by atoms with Crippen molar-refractivity contribution in [1.29, 1.82) is 0 Å². The number of pyridine rings is 1. The molecule has 1 aromatic carbocycles. The Morgan fingerprint density at radius 2 is 1.78 bits per heavy atom. The van der Waals surface area contributed by atoms with Crippen molar-refractivity contribution in [3.05, 3.63) is 47.8 Å². The third-order valence-corrected chi connectivity index (χ3v) is 5.00. The average molecular weight is 367 g/mol. The fraction of sp³-hybridized carbons (Fsp3) is 0.350. The molecule has 0 bridgehead atoms. The van der Waals surface area contributed by atoms with Crippen LogP contribution < -0.4 is 9.64 Å². The fourth-order valence-corrected chi connectivity index (χ4v) is 3.54. The molecule has 3 heterocycles. The van der Waals surface area contributed by atoms with E-state index in [4.69, 9.17) is 9.84 Å². The number of hydrogen-bond acceptors (Lipinski definition) is 5. The first-order valence-corrected chi connectivity index (χ1v) is 9.16. The van der Waals surface area contributed by atoms with Crippen LogP contribution in [0.5, 0.6) is 5.75 Å². The maximum absolute atomic E-state index is 12.7. The Morgan fingerprint density at radius 3 is 2.48 bits per heavy atom. The lowest BCUT2D eigenvalue weighted by Crippen LogP contribution is -2.36.